The molecule has 22 heavy (non-hydrogen) atoms. The van der Waals surface area contributed by atoms with Crippen LogP contribution in [0.1, 0.15) is 20.8 Å². The quantitative estimate of drug-likeness (QED) is 0.821. The third-order valence-electron chi connectivity index (χ3n) is 3.44. The maximum atomic E-state index is 12.8. The van der Waals surface area contributed by atoms with Gasteiger partial charge in [-0.15, -0.1) is 0 Å². The number of carbonyl (C=O) groups is 1. The van der Waals surface area contributed by atoms with E-state index < -0.39 is 5.41 Å². The Balaban J connectivity index is 2.26. The predicted molar refractivity (Wildman–Crippen MR) is 91.5 cm³/mol. The molecule has 0 bridgehead atoms. The van der Waals surface area contributed by atoms with Gasteiger partial charge in [-0.05, 0) is 25.3 Å². The highest BCUT2D eigenvalue weighted by Gasteiger charge is 2.32. The zero-order valence-corrected chi connectivity index (χ0v) is 14.3. The molecule has 2 rings (SSSR count). The van der Waals surface area contributed by atoms with Crippen molar-refractivity contribution in [1.82, 2.24) is 14.8 Å². The lowest BCUT2D eigenvalue weighted by molar-refractivity contribution is -0.125. The zero-order chi connectivity index (χ0) is 16.2. The minimum absolute atomic E-state index is 0.120. The molecule has 0 aliphatic carbocycles. The molecule has 0 spiro atoms. The fraction of sp³-hybridized carbons (Fsp3) is 0.438. The summed E-state index contributed by atoms with van der Waals surface area (Å²) in [6.45, 7) is 6.57. The average Bonchev–Trinajstić information content (AvgIpc) is 2.98. The third-order valence-corrected chi connectivity index (χ3v) is 4.45. The number of thioether (sulfide) groups is 1. The molecular formula is C16H22N4OS. The highest BCUT2D eigenvalue weighted by Crippen LogP contribution is 2.27. The molecule has 0 N–H and O–H groups in total. The van der Waals surface area contributed by atoms with Gasteiger partial charge in [-0.2, -0.15) is 16.9 Å². The van der Waals surface area contributed by atoms with Gasteiger partial charge >= 0.3 is 0 Å². The van der Waals surface area contributed by atoms with Gasteiger partial charge in [-0.25, -0.2) is 4.68 Å². The lowest BCUT2D eigenvalue weighted by Crippen LogP contribution is -2.42. The van der Waals surface area contributed by atoms with Crippen molar-refractivity contribution in [1.29, 1.82) is 0 Å². The van der Waals surface area contributed by atoms with Gasteiger partial charge in [0.2, 0.25) is 5.91 Å². The van der Waals surface area contributed by atoms with E-state index in [-0.39, 0.29) is 5.91 Å². The number of rotatable bonds is 6. The number of hydrogen-bond donors (Lipinski definition) is 0. The Labute approximate surface area is 135 Å². The van der Waals surface area contributed by atoms with Crippen LogP contribution in [0.3, 0.4) is 0 Å². The molecular weight excluding hydrogens is 296 g/mol. The van der Waals surface area contributed by atoms with Crippen LogP contribution in [-0.4, -0.2) is 39.2 Å². The molecule has 0 saturated heterocycles. The summed E-state index contributed by atoms with van der Waals surface area (Å²) in [4.78, 5) is 18.7. The minimum atomic E-state index is -0.397. The second-order valence-electron chi connectivity index (χ2n) is 5.72. The molecule has 0 aromatic carbocycles. The van der Waals surface area contributed by atoms with E-state index >= 15 is 0 Å². The largest absolute Gasteiger partial charge is 0.309 e. The first kappa shape index (κ1) is 16.5. The number of aromatic nitrogens is 3. The lowest BCUT2D eigenvalue weighted by atomic mass is 9.94. The first-order valence-corrected chi connectivity index (χ1v) is 8.65. The second kappa shape index (κ2) is 6.96. The van der Waals surface area contributed by atoms with E-state index in [2.05, 4.69) is 10.1 Å². The van der Waals surface area contributed by atoms with Gasteiger partial charge in [-0.1, -0.05) is 13.8 Å². The van der Waals surface area contributed by atoms with Crippen LogP contribution in [0.25, 0.3) is 5.69 Å². The van der Waals surface area contributed by atoms with Crippen LogP contribution in [0.2, 0.25) is 0 Å². The lowest BCUT2D eigenvalue weighted by Gasteiger charge is -2.29. The molecule has 0 aliphatic heterocycles. The van der Waals surface area contributed by atoms with Crippen molar-refractivity contribution in [2.24, 2.45) is 5.41 Å². The summed E-state index contributed by atoms with van der Waals surface area (Å²) >= 11 is 1.69. The highest BCUT2D eigenvalue weighted by atomic mass is 32.2. The standard InChI is InChI=1S/C16H22N4OS/c1-5-19(15(21)16(2,3)12-22-4)14-10-18-20(11-14)13-7-6-8-17-9-13/h6-11H,5,12H2,1-4H3. The Hall–Kier alpha value is -1.82. The van der Waals surface area contributed by atoms with Crippen LogP contribution >= 0.6 is 11.8 Å². The van der Waals surface area contributed by atoms with E-state index in [4.69, 9.17) is 0 Å². The van der Waals surface area contributed by atoms with Crippen LogP contribution < -0.4 is 4.90 Å². The summed E-state index contributed by atoms with van der Waals surface area (Å²) in [7, 11) is 0. The minimum Gasteiger partial charge on any atom is -0.309 e. The highest BCUT2D eigenvalue weighted by molar-refractivity contribution is 7.98. The van der Waals surface area contributed by atoms with Crippen molar-refractivity contribution in [3.8, 4) is 5.69 Å². The van der Waals surface area contributed by atoms with Gasteiger partial charge in [0, 0.05) is 18.5 Å². The molecule has 0 atom stereocenters. The van der Waals surface area contributed by atoms with Crippen LogP contribution in [0.4, 0.5) is 5.69 Å². The molecule has 0 radical (unpaired) electrons. The van der Waals surface area contributed by atoms with E-state index in [1.165, 1.54) is 0 Å². The fourth-order valence-electron chi connectivity index (χ4n) is 2.31. The Morgan fingerprint density at radius 2 is 2.18 bits per heavy atom. The first-order chi connectivity index (χ1) is 10.5. The Kier molecular flexibility index (Phi) is 5.24. The van der Waals surface area contributed by atoms with Crippen molar-refractivity contribution < 1.29 is 4.79 Å². The normalized spacial score (nSPS) is 11.5. The van der Waals surface area contributed by atoms with Crippen molar-refractivity contribution >= 4 is 23.4 Å². The van der Waals surface area contributed by atoms with Gasteiger partial charge < -0.3 is 4.90 Å². The monoisotopic (exact) mass is 318 g/mol. The van der Waals surface area contributed by atoms with E-state index in [0.29, 0.717) is 6.54 Å². The summed E-state index contributed by atoms with van der Waals surface area (Å²) in [5.41, 5.74) is 1.29. The van der Waals surface area contributed by atoms with Crippen molar-refractivity contribution in [2.75, 3.05) is 23.5 Å². The molecule has 2 heterocycles. The topological polar surface area (TPSA) is 51.0 Å². The number of anilines is 1. The molecule has 5 nitrogen and oxygen atoms in total. The number of amides is 1. The summed E-state index contributed by atoms with van der Waals surface area (Å²) in [5, 5.41) is 4.34. The van der Waals surface area contributed by atoms with Gasteiger partial charge in [-0.3, -0.25) is 9.78 Å². The smallest absolute Gasteiger partial charge is 0.233 e. The summed E-state index contributed by atoms with van der Waals surface area (Å²) < 4.78 is 1.74. The Bertz CT molecular complexity index is 624. The van der Waals surface area contributed by atoms with Crippen molar-refractivity contribution in [3.63, 3.8) is 0 Å². The summed E-state index contributed by atoms with van der Waals surface area (Å²) in [5.74, 6) is 0.911. The van der Waals surface area contributed by atoms with Gasteiger partial charge in [0.15, 0.2) is 0 Å². The van der Waals surface area contributed by atoms with E-state index in [1.807, 2.05) is 45.4 Å². The molecule has 118 valence electrons. The Morgan fingerprint density at radius 3 is 2.77 bits per heavy atom. The molecule has 0 aliphatic rings. The molecule has 2 aromatic heterocycles. The van der Waals surface area contributed by atoms with E-state index in [1.54, 1.807) is 39.9 Å². The molecule has 6 heteroatoms. The average molecular weight is 318 g/mol. The summed E-state index contributed by atoms with van der Waals surface area (Å²) in [6.07, 6.45) is 9.08. The molecule has 0 saturated carbocycles. The first-order valence-electron chi connectivity index (χ1n) is 7.25. The van der Waals surface area contributed by atoms with Gasteiger partial charge in [0.1, 0.15) is 0 Å². The van der Waals surface area contributed by atoms with E-state index in [0.717, 1.165) is 17.1 Å². The maximum Gasteiger partial charge on any atom is 0.233 e. The SMILES string of the molecule is CCN(C(=O)C(C)(C)CSC)c1cnn(-c2cccnc2)c1. The second-order valence-corrected chi connectivity index (χ2v) is 6.59. The number of nitrogens with zero attached hydrogens (tertiary/aromatic N) is 4. The molecule has 2 aromatic rings. The van der Waals surface area contributed by atoms with Gasteiger partial charge in [0.05, 0.1) is 35.4 Å². The number of pyridine rings is 1. The van der Waals surface area contributed by atoms with Crippen LogP contribution in [0, 0.1) is 5.41 Å². The third kappa shape index (κ3) is 3.50. The molecule has 0 unspecified atom stereocenters. The predicted octanol–water partition coefficient (Wildman–Crippen LogP) is 3.01. The van der Waals surface area contributed by atoms with Crippen LogP contribution in [0.5, 0.6) is 0 Å². The molecule has 1 amide bonds. The number of hydrogen-bond acceptors (Lipinski definition) is 4. The van der Waals surface area contributed by atoms with Crippen LogP contribution in [-0.2, 0) is 4.79 Å². The maximum absolute atomic E-state index is 12.8. The van der Waals surface area contributed by atoms with Crippen molar-refractivity contribution in [3.05, 3.63) is 36.9 Å². The van der Waals surface area contributed by atoms with Gasteiger partial charge in [0.25, 0.3) is 0 Å². The van der Waals surface area contributed by atoms with Crippen molar-refractivity contribution in [2.45, 2.75) is 20.8 Å². The number of carbonyl (C=O) groups excluding carboxylic acids is 1. The van der Waals surface area contributed by atoms with Crippen LogP contribution in [0.15, 0.2) is 36.9 Å². The molecule has 0 fully saturated rings. The summed E-state index contributed by atoms with van der Waals surface area (Å²) in [6, 6.07) is 3.79. The fourth-order valence-corrected chi connectivity index (χ4v) is 3.16. The Morgan fingerprint density at radius 1 is 1.41 bits per heavy atom. The zero-order valence-electron chi connectivity index (χ0n) is 13.5. The van der Waals surface area contributed by atoms with E-state index in [9.17, 15) is 4.79 Å².